The Morgan fingerprint density at radius 2 is 1.91 bits per heavy atom. The fourth-order valence-corrected chi connectivity index (χ4v) is 2.72. The number of rotatable bonds is 3. The van der Waals surface area contributed by atoms with Gasteiger partial charge in [-0.15, -0.1) is 0 Å². The molecular weight excluding hydrogens is 301 g/mol. The molecule has 4 heteroatoms. The molecule has 0 fully saturated rings. The average Bonchev–Trinajstić information content (AvgIpc) is 2.49. The predicted molar refractivity (Wildman–Crippen MR) is 85.9 cm³/mol. The predicted octanol–water partition coefficient (Wildman–Crippen LogP) is 4.30. The molecule has 0 aliphatic carbocycles. The Balaban J connectivity index is 1.83. The molecular formula is C18H15ClFNO. The number of allylic oxidation sites excluding steroid dienone is 1. The topological polar surface area (TPSA) is 20.3 Å². The molecule has 2 aromatic rings. The first-order valence-corrected chi connectivity index (χ1v) is 7.45. The van der Waals surface area contributed by atoms with Crippen LogP contribution in [0.4, 0.5) is 4.39 Å². The first-order chi connectivity index (χ1) is 10.6. The molecule has 0 radical (unpaired) electrons. The summed E-state index contributed by atoms with van der Waals surface area (Å²) >= 11 is 5.88. The second kappa shape index (κ2) is 6.32. The number of nitrogens with zero attached hydrogens (tertiary/aromatic N) is 1. The van der Waals surface area contributed by atoms with Crippen molar-refractivity contribution in [3.8, 4) is 0 Å². The summed E-state index contributed by atoms with van der Waals surface area (Å²) in [4.78, 5) is 13.9. The van der Waals surface area contributed by atoms with Crippen LogP contribution in [0.2, 0.25) is 5.02 Å². The molecule has 0 saturated carbocycles. The second-order valence-electron chi connectivity index (χ2n) is 5.41. The van der Waals surface area contributed by atoms with Gasteiger partial charge in [0.1, 0.15) is 5.82 Å². The Bertz CT molecular complexity index is 724. The Morgan fingerprint density at radius 3 is 2.64 bits per heavy atom. The number of ketones is 1. The molecule has 1 heterocycles. The largest absolute Gasteiger partial charge is 0.366 e. The number of carbonyl (C=O) groups excluding carboxylic acids is 1. The second-order valence-corrected chi connectivity index (χ2v) is 5.85. The SMILES string of the molecule is O=C1CC(c2cccc(F)c2)=CN(Cc2ccc(Cl)cc2)C1. The van der Waals surface area contributed by atoms with Crippen LogP contribution in [-0.2, 0) is 11.3 Å². The molecule has 112 valence electrons. The lowest BCUT2D eigenvalue weighted by atomic mass is 9.98. The molecule has 2 aromatic carbocycles. The molecule has 22 heavy (non-hydrogen) atoms. The molecule has 3 rings (SSSR count). The van der Waals surface area contributed by atoms with Gasteiger partial charge in [0.2, 0.25) is 0 Å². The molecule has 0 amide bonds. The van der Waals surface area contributed by atoms with E-state index in [4.69, 9.17) is 11.6 Å². The van der Waals surface area contributed by atoms with Crippen LogP contribution in [0, 0.1) is 5.82 Å². The maximum atomic E-state index is 13.4. The Labute approximate surface area is 133 Å². The molecule has 0 saturated heterocycles. The van der Waals surface area contributed by atoms with E-state index in [1.165, 1.54) is 12.1 Å². The van der Waals surface area contributed by atoms with Crippen LogP contribution in [0.25, 0.3) is 5.57 Å². The van der Waals surface area contributed by atoms with Gasteiger partial charge in [-0.2, -0.15) is 0 Å². The van der Waals surface area contributed by atoms with Crippen LogP contribution in [0.1, 0.15) is 17.5 Å². The minimum Gasteiger partial charge on any atom is -0.366 e. The highest BCUT2D eigenvalue weighted by atomic mass is 35.5. The van der Waals surface area contributed by atoms with Crippen molar-refractivity contribution < 1.29 is 9.18 Å². The standard InChI is InChI=1S/C18H15ClFNO/c19-16-6-4-13(5-7-16)10-21-11-15(9-18(22)12-21)14-2-1-3-17(20)8-14/h1-8,11H,9-10,12H2. The van der Waals surface area contributed by atoms with Crippen molar-refractivity contribution in [1.82, 2.24) is 4.90 Å². The number of halogens is 2. The van der Waals surface area contributed by atoms with Crippen LogP contribution < -0.4 is 0 Å². The third-order valence-electron chi connectivity index (χ3n) is 3.60. The van der Waals surface area contributed by atoms with Gasteiger partial charge in [-0.25, -0.2) is 4.39 Å². The molecule has 0 unspecified atom stereocenters. The third-order valence-corrected chi connectivity index (χ3v) is 3.85. The number of benzene rings is 2. The zero-order valence-corrected chi connectivity index (χ0v) is 12.7. The highest BCUT2D eigenvalue weighted by molar-refractivity contribution is 6.30. The average molecular weight is 316 g/mol. The van der Waals surface area contributed by atoms with E-state index in [0.29, 0.717) is 24.5 Å². The lowest BCUT2D eigenvalue weighted by molar-refractivity contribution is -0.119. The van der Waals surface area contributed by atoms with Gasteiger partial charge in [0.25, 0.3) is 0 Å². The number of carbonyl (C=O) groups is 1. The van der Waals surface area contributed by atoms with Crippen molar-refractivity contribution in [2.45, 2.75) is 13.0 Å². The number of Topliss-reactive ketones (excluding diaryl/α,β-unsaturated/α-hetero) is 1. The van der Waals surface area contributed by atoms with Gasteiger partial charge in [-0.3, -0.25) is 4.79 Å². The molecule has 0 aromatic heterocycles. The van der Waals surface area contributed by atoms with E-state index in [9.17, 15) is 9.18 Å². The van der Waals surface area contributed by atoms with E-state index in [-0.39, 0.29) is 11.6 Å². The Hall–Kier alpha value is -2.13. The fourth-order valence-electron chi connectivity index (χ4n) is 2.60. The Morgan fingerprint density at radius 1 is 1.14 bits per heavy atom. The maximum absolute atomic E-state index is 13.4. The molecule has 1 aliphatic rings. The van der Waals surface area contributed by atoms with E-state index in [0.717, 1.165) is 16.7 Å². The highest BCUT2D eigenvalue weighted by Gasteiger charge is 2.18. The van der Waals surface area contributed by atoms with Gasteiger partial charge >= 0.3 is 0 Å². The minimum absolute atomic E-state index is 0.135. The minimum atomic E-state index is -0.291. The van der Waals surface area contributed by atoms with Gasteiger partial charge < -0.3 is 4.90 Å². The first-order valence-electron chi connectivity index (χ1n) is 7.07. The van der Waals surface area contributed by atoms with Crippen LogP contribution in [0.5, 0.6) is 0 Å². The molecule has 0 N–H and O–H groups in total. The van der Waals surface area contributed by atoms with Crippen LogP contribution in [0.15, 0.2) is 54.7 Å². The quantitative estimate of drug-likeness (QED) is 0.842. The van der Waals surface area contributed by atoms with Gasteiger partial charge in [-0.1, -0.05) is 35.9 Å². The molecule has 0 bridgehead atoms. The fraction of sp³-hybridized carbons (Fsp3) is 0.167. The van der Waals surface area contributed by atoms with Gasteiger partial charge in [0.05, 0.1) is 6.54 Å². The summed E-state index contributed by atoms with van der Waals surface area (Å²) in [6.07, 6.45) is 2.30. The van der Waals surface area contributed by atoms with E-state index >= 15 is 0 Å². The van der Waals surface area contributed by atoms with E-state index < -0.39 is 0 Å². The summed E-state index contributed by atoms with van der Waals surface area (Å²) in [6.45, 7) is 1.00. The van der Waals surface area contributed by atoms with Crippen molar-refractivity contribution in [2.24, 2.45) is 0 Å². The normalized spacial score (nSPS) is 14.9. The molecule has 0 spiro atoms. The smallest absolute Gasteiger partial charge is 0.156 e. The van der Waals surface area contributed by atoms with Crippen molar-refractivity contribution in [3.63, 3.8) is 0 Å². The van der Waals surface area contributed by atoms with E-state index in [2.05, 4.69) is 0 Å². The van der Waals surface area contributed by atoms with Crippen molar-refractivity contribution in [2.75, 3.05) is 6.54 Å². The summed E-state index contributed by atoms with van der Waals surface area (Å²) in [5.41, 5.74) is 2.69. The zero-order chi connectivity index (χ0) is 15.5. The third kappa shape index (κ3) is 3.55. The maximum Gasteiger partial charge on any atom is 0.156 e. The van der Waals surface area contributed by atoms with Crippen molar-refractivity contribution in [3.05, 3.63) is 76.7 Å². The summed E-state index contributed by atoms with van der Waals surface area (Å²) in [5, 5.41) is 0.689. The zero-order valence-electron chi connectivity index (χ0n) is 11.9. The first kappa shape index (κ1) is 14.8. The summed E-state index contributed by atoms with van der Waals surface area (Å²) in [7, 11) is 0. The number of hydrogen-bond donors (Lipinski definition) is 0. The lowest BCUT2D eigenvalue weighted by Crippen LogP contribution is -2.29. The monoisotopic (exact) mass is 315 g/mol. The van der Waals surface area contributed by atoms with Crippen molar-refractivity contribution >= 4 is 23.0 Å². The summed E-state index contributed by atoms with van der Waals surface area (Å²) < 4.78 is 13.4. The van der Waals surface area contributed by atoms with Crippen LogP contribution in [-0.4, -0.2) is 17.2 Å². The van der Waals surface area contributed by atoms with Gasteiger partial charge in [-0.05, 0) is 41.0 Å². The lowest BCUT2D eigenvalue weighted by Gasteiger charge is -2.26. The van der Waals surface area contributed by atoms with Gasteiger partial charge in [0.15, 0.2) is 5.78 Å². The molecule has 2 nitrogen and oxygen atoms in total. The van der Waals surface area contributed by atoms with E-state index in [1.807, 2.05) is 41.4 Å². The molecule has 0 atom stereocenters. The van der Waals surface area contributed by atoms with E-state index in [1.54, 1.807) is 6.07 Å². The highest BCUT2D eigenvalue weighted by Crippen LogP contribution is 2.25. The van der Waals surface area contributed by atoms with Crippen molar-refractivity contribution in [1.29, 1.82) is 0 Å². The summed E-state index contributed by atoms with van der Waals surface area (Å²) in [5.74, 6) is -0.156. The number of hydrogen-bond acceptors (Lipinski definition) is 2. The van der Waals surface area contributed by atoms with Crippen LogP contribution in [0.3, 0.4) is 0 Å². The Kier molecular flexibility index (Phi) is 4.25. The van der Waals surface area contributed by atoms with Crippen LogP contribution >= 0.6 is 11.6 Å². The molecule has 1 aliphatic heterocycles. The summed E-state index contributed by atoms with van der Waals surface area (Å²) in [6, 6.07) is 13.9. The van der Waals surface area contributed by atoms with Gasteiger partial charge in [0, 0.05) is 24.2 Å².